The Bertz CT molecular complexity index is 438. The van der Waals surface area contributed by atoms with E-state index in [0.29, 0.717) is 11.8 Å². The fraction of sp³-hybridized carbons (Fsp3) is 0.588. The minimum atomic E-state index is -0.596. The van der Waals surface area contributed by atoms with Gasteiger partial charge >= 0.3 is 5.97 Å². The molecule has 1 saturated carbocycles. The minimum absolute atomic E-state index is 0.125. The van der Waals surface area contributed by atoms with Crippen LogP contribution in [-0.2, 0) is 11.3 Å². The summed E-state index contributed by atoms with van der Waals surface area (Å²) < 4.78 is 0. The third-order valence-corrected chi connectivity index (χ3v) is 4.64. The summed E-state index contributed by atoms with van der Waals surface area (Å²) >= 11 is 0. The molecule has 21 heavy (non-hydrogen) atoms. The van der Waals surface area contributed by atoms with Crippen molar-refractivity contribution in [1.29, 1.82) is 0 Å². The molecule has 114 valence electrons. The molecule has 0 amide bonds. The highest BCUT2D eigenvalue weighted by Gasteiger charge is 2.37. The van der Waals surface area contributed by atoms with Crippen LogP contribution in [0.15, 0.2) is 30.3 Å². The van der Waals surface area contributed by atoms with Crippen molar-refractivity contribution in [3.63, 3.8) is 0 Å². The van der Waals surface area contributed by atoms with E-state index in [1.165, 1.54) is 5.56 Å². The Kier molecular flexibility index (Phi) is 6.31. The fourth-order valence-electron chi connectivity index (χ4n) is 3.51. The maximum Gasteiger partial charge on any atom is 0.306 e. The molecule has 3 nitrogen and oxygen atoms in total. The molecule has 0 radical (unpaired) electrons. The molecule has 0 heterocycles. The van der Waals surface area contributed by atoms with E-state index in [1.54, 1.807) is 0 Å². The van der Waals surface area contributed by atoms with Crippen LogP contribution in [0.2, 0.25) is 6.32 Å². The second kappa shape index (κ2) is 8.23. The summed E-state index contributed by atoms with van der Waals surface area (Å²) in [7, 11) is 2.17. The van der Waals surface area contributed by atoms with E-state index in [0.717, 1.165) is 45.1 Å². The topological polar surface area (TPSA) is 49.3 Å². The lowest BCUT2D eigenvalue weighted by Gasteiger charge is -2.14. The van der Waals surface area contributed by atoms with Crippen LogP contribution < -0.4 is 5.32 Å². The molecule has 1 unspecified atom stereocenters. The number of carbonyl (C=O) groups is 1. The zero-order chi connectivity index (χ0) is 15.1. The van der Waals surface area contributed by atoms with E-state index < -0.39 is 5.97 Å². The summed E-state index contributed by atoms with van der Waals surface area (Å²) in [6.07, 6.45) is 5.28. The summed E-state index contributed by atoms with van der Waals surface area (Å²) in [6.45, 7) is 1.80. The molecule has 0 aromatic heterocycles. The van der Waals surface area contributed by atoms with Crippen molar-refractivity contribution in [2.24, 2.45) is 17.8 Å². The van der Waals surface area contributed by atoms with Gasteiger partial charge in [-0.1, -0.05) is 49.5 Å². The third-order valence-electron chi connectivity index (χ3n) is 4.64. The van der Waals surface area contributed by atoms with Crippen molar-refractivity contribution in [3.05, 3.63) is 35.9 Å². The molecule has 0 spiro atoms. The number of rotatable bonds is 8. The Balaban J connectivity index is 1.77. The fourth-order valence-corrected chi connectivity index (χ4v) is 3.51. The van der Waals surface area contributed by atoms with E-state index in [1.807, 2.05) is 18.2 Å². The number of nitrogens with one attached hydrogen (secondary N) is 1. The van der Waals surface area contributed by atoms with E-state index in [9.17, 15) is 9.90 Å². The van der Waals surface area contributed by atoms with Gasteiger partial charge in [-0.3, -0.25) is 4.79 Å². The molecule has 4 heteroatoms. The Hall–Kier alpha value is -1.29. The molecule has 1 aliphatic rings. The van der Waals surface area contributed by atoms with Gasteiger partial charge in [-0.05, 0) is 36.8 Å². The van der Waals surface area contributed by atoms with Crippen molar-refractivity contribution in [2.75, 3.05) is 6.54 Å². The van der Waals surface area contributed by atoms with E-state index >= 15 is 0 Å². The lowest BCUT2D eigenvalue weighted by molar-refractivity contribution is -0.143. The zero-order valence-electron chi connectivity index (χ0n) is 12.9. The van der Waals surface area contributed by atoms with Crippen LogP contribution in [0.4, 0.5) is 0 Å². The first-order chi connectivity index (χ1) is 10.2. The van der Waals surface area contributed by atoms with Crippen molar-refractivity contribution in [2.45, 2.75) is 38.5 Å². The smallest absolute Gasteiger partial charge is 0.306 e. The highest BCUT2D eigenvalue weighted by Crippen LogP contribution is 2.39. The van der Waals surface area contributed by atoms with Crippen LogP contribution in [0, 0.1) is 17.8 Å². The average molecular weight is 287 g/mol. The Morgan fingerprint density at radius 2 is 2.05 bits per heavy atom. The maximum absolute atomic E-state index is 11.4. The van der Waals surface area contributed by atoms with Gasteiger partial charge in [0.25, 0.3) is 0 Å². The Morgan fingerprint density at radius 3 is 2.71 bits per heavy atom. The monoisotopic (exact) mass is 287 g/mol. The van der Waals surface area contributed by atoms with Gasteiger partial charge in [0.15, 0.2) is 0 Å². The zero-order valence-corrected chi connectivity index (χ0v) is 12.9. The third kappa shape index (κ3) is 4.89. The largest absolute Gasteiger partial charge is 0.481 e. The van der Waals surface area contributed by atoms with Gasteiger partial charge in [0.05, 0.1) is 5.92 Å². The molecule has 1 fully saturated rings. The van der Waals surface area contributed by atoms with Gasteiger partial charge in [0.1, 0.15) is 7.85 Å². The van der Waals surface area contributed by atoms with Crippen LogP contribution in [0.25, 0.3) is 0 Å². The number of carboxylic acid groups (broad SMARTS) is 1. The van der Waals surface area contributed by atoms with Crippen LogP contribution in [0.5, 0.6) is 0 Å². The summed E-state index contributed by atoms with van der Waals surface area (Å²) in [5.41, 5.74) is 1.29. The first-order valence-corrected chi connectivity index (χ1v) is 8.18. The highest BCUT2D eigenvalue weighted by atomic mass is 16.4. The number of benzene rings is 1. The highest BCUT2D eigenvalue weighted by molar-refractivity contribution is 6.08. The molecule has 1 aromatic rings. The number of carboxylic acids is 1. The molecule has 0 bridgehead atoms. The van der Waals surface area contributed by atoms with Crippen LogP contribution >= 0.6 is 0 Å². The van der Waals surface area contributed by atoms with Gasteiger partial charge in [-0.2, -0.15) is 0 Å². The predicted molar refractivity (Wildman–Crippen MR) is 88.1 cm³/mol. The molecular weight excluding hydrogens is 261 g/mol. The average Bonchev–Trinajstić information content (AvgIpc) is 2.90. The summed E-state index contributed by atoms with van der Waals surface area (Å²) in [4.78, 5) is 11.4. The minimum Gasteiger partial charge on any atom is -0.481 e. The summed E-state index contributed by atoms with van der Waals surface area (Å²) in [5, 5.41) is 12.9. The second-order valence-corrected chi connectivity index (χ2v) is 6.30. The number of hydrogen-bond donors (Lipinski definition) is 2. The first-order valence-electron chi connectivity index (χ1n) is 8.18. The van der Waals surface area contributed by atoms with Crippen LogP contribution in [0.3, 0.4) is 0 Å². The molecule has 2 N–H and O–H groups in total. The van der Waals surface area contributed by atoms with Gasteiger partial charge < -0.3 is 10.4 Å². The van der Waals surface area contributed by atoms with Gasteiger partial charge in [-0.15, -0.1) is 0 Å². The quantitative estimate of drug-likeness (QED) is 0.721. The number of hydrogen-bond acceptors (Lipinski definition) is 2. The summed E-state index contributed by atoms with van der Waals surface area (Å²) in [5.74, 6) is 0.171. The first kappa shape index (κ1) is 16.1. The molecule has 1 aliphatic carbocycles. The van der Waals surface area contributed by atoms with Crippen LogP contribution in [0.1, 0.15) is 31.2 Å². The number of aliphatic carboxylic acids is 1. The van der Waals surface area contributed by atoms with E-state index in [2.05, 4.69) is 25.3 Å². The molecule has 0 saturated heterocycles. The molecular formula is C17H26BNO2. The Morgan fingerprint density at radius 1 is 1.29 bits per heavy atom. The summed E-state index contributed by atoms with van der Waals surface area (Å²) in [6, 6.07) is 10.4. The standard InChI is InChI=1S/C17H26BNO2/c18-8-4-7-15-9-14(10-16(15)17(20)21)12-19-11-13-5-2-1-3-6-13/h1-3,5-6,14-16,19H,4,7-12,18H2,(H,20,21)/t14?,15-,16+/m0/s1. The lowest BCUT2D eigenvalue weighted by Crippen LogP contribution is -2.21. The Labute approximate surface area is 128 Å². The van der Waals surface area contributed by atoms with Crippen LogP contribution in [-0.4, -0.2) is 25.5 Å². The van der Waals surface area contributed by atoms with Crippen molar-refractivity contribution >= 4 is 13.8 Å². The normalized spacial score (nSPS) is 25.0. The van der Waals surface area contributed by atoms with Crippen molar-refractivity contribution in [1.82, 2.24) is 5.32 Å². The predicted octanol–water partition coefficient (Wildman–Crippen LogP) is 2.33. The van der Waals surface area contributed by atoms with Gasteiger partial charge in [-0.25, -0.2) is 0 Å². The van der Waals surface area contributed by atoms with Crippen molar-refractivity contribution < 1.29 is 9.90 Å². The molecule has 0 aliphatic heterocycles. The second-order valence-electron chi connectivity index (χ2n) is 6.30. The van der Waals surface area contributed by atoms with Crippen molar-refractivity contribution in [3.8, 4) is 0 Å². The maximum atomic E-state index is 11.4. The van der Waals surface area contributed by atoms with E-state index in [4.69, 9.17) is 0 Å². The lowest BCUT2D eigenvalue weighted by atomic mass is 9.88. The van der Waals surface area contributed by atoms with Gasteiger partial charge in [0.2, 0.25) is 0 Å². The van der Waals surface area contributed by atoms with E-state index in [-0.39, 0.29) is 5.92 Å². The van der Waals surface area contributed by atoms with Gasteiger partial charge in [0, 0.05) is 6.54 Å². The molecule has 3 atom stereocenters. The molecule has 2 rings (SSSR count). The molecule has 1 aromatic carbocycles. The SMILES string of the molecule is BCCC[C@H]1CC(CNCc2ccccc2)C[C@H]1C(=O)O.